The number of halogens is 1. The molecule has 1 aliphatic rings. The maximum absolute atomic E-state index is 12.1. The summed E-state index contributed by atoms with van der Waals surface area (Å²) in [6.45, 7) is 2.76. The van der Waals surface area contributed by atoms with Crippen LogP contribution in [0.1, 0.15) is 44.1 Å². The Bertz CT molecular complexity index is 444. The normalized spacial score (nSPS) is 19.4. The minimum absolute atomic E-state index is 0.169. The Balaban J connectivity index is 2.23. The average molecular weight is 312 g/mol. The van der Waals surface area contributed by atoms with Crippen LogP contribution in [0.25, 0.3) is 0 Å². The molecular weight excluding hydrogens is 290 g/mol. The Kier molecular flexibility index (Phi) is 4.66. The second-order valence-corrected chi connectivity index (χ2v) is 6.23. The SMILES string of the molecule is Cc1cccn(CC2(CBr)CCCCCC2)c1=O. The summed E-state index contributed by atoms with van der Waals surface area (Å²) in [4.78, 5) is 12.1. The monoisotopic (exact) mass is 311 g/mol. The highest BCUT2D eigenvalue weighted by Crippen LogP contribution is 2.37. The molecule has 3 heteroatoms. The second kappa shape index (κ2) is 6.05. The van der Waals surface area contributed by atoms with Crippen LogP contribution < -0.4 is 5.56 Å². The van der Waals surface area contributed by atoms with Gasteiger partial charge in [0.2, 0.25) is 0 Å². The number of rotatable bonds is 3. The van der Waals surface area contributed by atoms with Gasteiger partial charge in [0, 0.05) is 23.6 Å². The van der Waals surface area contributed by atoms with Crippen molar-refractivity contribution in [1.82, 2.24) is 4.57 Å². The van der Waals surface area contributed by atoms with Gasteiger partial charge in [-0.25, -0.2) is 0 Å². The largest absolute Gasteiger partial charge is 0.315 e. The van der Waals surface area contributed by atoms with E-state index in [-0.39, 0.29) is 11.0 Å². The number of hydrogen-bond donors (Lipinski definition) is 0. The number of hydrogen-bond acceptors (Lipinski definition) is 1. The quantitative estimate of drug-likeness (QED) is 0.613. The van der Waals surface area contributed by atoms with Gasteiger partial charge in [0.25, 0.3) is 5.56 Å². The van der Waals surface area contributed by atoms with Crippen LogP contribution >= 0.6 is 15.9 Å². The van der Waals surface area contributed by atoms with Gasteiger partial charge in [0.05, 0.1) is 0 Å². The van der Waals surface area contributed by atoms with Crippen molar-refractivity contribution in [3.05, 3.63) is 34.2 Å². The maximum Gasteiger partial charge on any atom is 0.253 e. The third-order valence-corrected chi connectivity index (χ3v) is 5.35. The van der Waals surface area contributed by atoms with Gasteiger partial charge < -0.3 is 4.57 Å². The zero-order valence-corrected chi connectivity index (χ0v) is 12.7. The van der Waals surface area contributed by atoms with Crippen LogP contribution in [0.3, 0.4) is 0 Å². The summed E-state index contributed by atoms with van der Waals surface area (Å²) in [7, 11) is 0. The van der Waals surface area contributed by atoms with E-state index >= 15 is 0 Å². The van der Waals surface area contributed by atoms with E-state index in [1.807, 2.05) is 29.8 Å². The van der Waals surface area contributed by atoms with Crippen molar-refractivity contribution in [2.24, 2.45) is 5.41 Å². The van der Waals surface area contributed by atoms with Crippen LogP contribution in [-0.4, -0.2) is 9.90 Å². The predicted octanol–water partition coefficient (Wildman–Crippen LogP) is 3.89. The van der Waals surface area contributed by atoms with Crippen molar-refractivity contribution in [3.8, 4) is 0 Å². The van der Waals surface area contributed by atoms with Crippen LogP contribution in [0.4, 0.5) is 0 Å². The molecule has 1 saturated carbocycles. The van der Waals surface area contributed by atoms with E-state index < -0.39 is 0 Å². The van der Waals surface area contributed by atoms with Crippen LogP contribution in [-0.2, 0) is 6.54 Å². The lowest BCUT2D eigenvalue weighted by atomic mass is 9.82. The van der Waals surface area contributed by atoms with E-state index in [1.165, 1.54) is 38.5 Å². The number of nitrogens with zero attached hydrogens (tertiary/aromatic N) is 1. The summed E-state index contributed by atoms with van der Waals surface area (Å²) in [6.07, 6.45) is 9.69. The molecule has 0 N–H and O–H groups in total. The number of alkyl halides is 1. The summed E-state index contributed by atoms with van der Waals surface area (Å²) >= 11 is 3.69. The van der Waals surface area contributed by atoms with Crippen molar-refractivity contribution in [1.29, 1.82) is 0 Å². The third kappa shape index (κ3) is 3.05. The molecule has 100 valence electrons. The summed E-state index contributed by atoms with van der Waals surface area (Å²) < 4.78 is 1.90. The molecule has 0 atom stereocenters. The number of aryl methyl sites for hydroxylation is 1. The van der Waals surface area contributed by atoms with Gasteiger partial charge in [-0.05, 0) is 31.2 Å². The van der Waals surface area contributed by atoms with Crippen molar-refractivity contribution < 1.29 is 0 Å². The molecule has 1 aromatic heterocycles. The minimum atomic E-state index is 0.169. The Hall–Kier alpha value is -0.570. The molecule has 1 aliphatic carbocycles. The highest BCUT2D eigenvalue weighted by molar-refractivity contribution is 9.09. The highest BCUT2D eigenvalue weighted by Gasteiger charge is 2.30. The summed E-state index contributed by atoms with van der Waals surface area (Å²) in [6, 6.07) is 3.88. The summed E-state index contributed by atoms with van der Waals surface area (Å²) in [5.74, 6) is 0. The Labute approximate surface area is 118 Å². The molecule has 0 unspecified atom stereocenters. The van der Waals surface area contributed by atoms with Gasteiger partial charge in [-0.3, -0.25) is 4.79 Å². The third-order valence-electron chi connectivity index (χ3n) is 4.16. The first-order valence-electron chi connectivity index (χ1n) is 6.89. The van der Waals surface area contributed by atoms with Crippen molar-refractivity contribution in [3.63, 3.8) is 0 Å². The highest BCUT2D eigenvalue weighted by atomic mass is 79.9. The van der Waals surface area contributed by atoms with Crippen LogP contribution in [0, 0.1) is 12.3 Å². The Morgan fingerprint density at radius 2 is 1.94 bits per heavy atom. The smallest absolute Gasteiger partial charge is 0.253 e. The van der Waals surface area contributed by atoms with E-state index in [1.54, 1.807) is 0 Å². The topological polar surface area (TPSA) is 22.0 Å². The second-order valence-electron chi connectivity index (χ2n) is 5.67. The molecule has 0 aliphatic heterocycles. The van der Waals surface area contributed by atoms with Crippen molar-refractivity contribution in [2.75, 3.05) is 5.33 Å². The fourth-order valence-electron chi connectivity index (χ4n) is 2.96. The molecular formula is C15H22BrNO. The number of pyridine rings is 1. The first-order valence-corrected chi connectivity index (χ1v) is 8.01. The van der Waals surface area contributed by atoms with Gasteiger partial charge >= 0.3 is 0 Å². The molecule has 0 saturated heterocycles. The minimum Gasteiger partial charge on any atom is -0.315 e. The lowest BCUT2D eigenvalue weighted by Gasteiger charge is -2.31. The lowest BCUT2D eigenvalue weighted by molar-refractivity contribution is 0.239. The van der Waals surface area contributed by atoms with Gasteiger partial charge in [-0.15, -0.1) is 0 Å². The van der Waals surface area contributed by atoms with E-state index in [9.17, 15) is 4.79 Å². The molecule has 0 radical (unpaired) electrons. The molecule has 0 bridgehead atoms. The first kappa shape index (κ1) is 13.9. The fraction of sp³-hybridized carbons (Fsp3) is 0.667. The molecule has 2 rings (SSSR count). The lowest BCUT2D eigenvalue weighted by Crippen LogP contribution is -2.33. The zero-order chi connectivity index (χ0) is 13.0. The molecule has 1 fully saturated rings. The van der Waals surface area contributed by atoms with E-state index in [2.05, 4.69) is 15.9 Å². The molecule has 0 amide bonds. The predicted molar refractivity (Wildman–Crippen MR) is 79.4 cm³/mol. The van der Waals surface area contributed by atoms with Crippen LogP contribution in [0.2, 0.25) is 0 Å². The average Bonchev–Trinajstić information content (AvgIpc) is 2.61. The molecule has 18 heavy (non-hydrogen) atoms. The standard InChI is InChI=1S/C15H22BrNO/c1-13-7-6-10-17(14(13)18)12-15(11-16)8-4-2-3-5-9-15/h6-7,10H,2-5,8-9,11-12H2,1H3. The first-order chi connectivity index (χ1) is 8.67. The van der Waals surface area contributed by atoms with Gasteiger partial charge in [-0.1, -0.05) is 47.7 Å². The van der Waals surface area contributed by atoms with E-state index in [4.69, 9.17) is 0 Å². The summed E-state index contributed by atoms with van der Waals surface area (Å²) in [5, 5.41) is 1.00. The van der Waals surface area contributed by atoms with Gasteiger partial charge in [0.1, 0.15) is 0 Å². The van der Waals surface area contributed by atoms with Crippen LogP contribution in [0.5, 0.6) is 0 Å². The molecule has 1 heterocycles. The molecule has 1 aromatic rings. The van der Waals surface area contributed by atoms with Crippen molar-refractivity contribution in [2.45, 2.75) is 52.0 Å². The van der Waals surface area contributed by atoms with E-state index in [0.29, 0.717) is 0 Å². The molecule has 2 nitrogen and oxygen atoms in total. The molecule has 0 spiro atoms. The molecule has 0 aromatic carbocycles. The zero-order valence-electron chi connectivity index (χ0n) is 11.1. The Morgan fingerprint density at radius 1 is 1.28 bits per heavy atom. The fourth-order valence-corrected chi connectivity index (χ4v) is 3.69. The van der Waals surface area contributed by atoms with Gasteiger partial charge in [-0.2, -0.15) is 0 Å². The van der Waals surface area contributed by atoms with Crippen molar-refractivity contribution >= 4 is 15.9 Å². The Morgan fingerprint density at radius 3 is 2.56 bits per heavy atom. The van der Waals surface area contributed by atoms with E-state index in [0.717, 1.165) is 17.4 Å². The van der Waals surface area contributed by atoms with Gasteiger partial charge in [0.15, 0.2) is 0 Å². The van der Waals surface area contributed by atoms with Crippen LogP contribution in [0.15, 0.2) is 23.1 Å². The number of aromatic nitrogens is 1. The summed E-state index contributed by atoms with van der Waals surface area (Å²) in [5.41, 5.74) is 1.28. The maximum atomic E-state index is 12.1.